The van der Waals surface area contributed by atoms with Gasteiger partial charge in [0.2, 0.25) is 0 Å². The molecule has 0 amide bonds. The Morgan fingerprint density at radius 1 is 1.04 bits per heavy atom. The van der Waals surface area contributed by atoms with Crippen LogP contribution in [0.5, 0.6) is 0 Å². The van der Waals surface area contributed by atoms with Crippen molar-refractivity contribution in [1.82, 2.24) is 9.97 Å². The molecule has 1 N–H and O–H groups in total. The molecule has 0 aliphatic heterocycles. The van der Waals surface area contributed by atoms with Gasteiger partial charge in [0.25, 0.3) is 0 Å². The van der Waals surface area contributed by atoms with Crippen LogP contribution in [0.3, 0.4) is 0 Å². The summed E-state index contributed by atoms with van der Waals surface area (Å²) >= 11 is 0. The number of nitrogens with one attached hydrogen (secondary N) is 1. The van der Waals surface area contributed by atoms with E-state index in [1.807, 2.05) is 36.5 Å². The molecule has 1 atom stereocenters. The number of hydrogen-bond donors (Lipinski definition) is 1. The van der Waals surface area contributed by atoms with Gasteiger partial charge in [-0.1, -0.05) is 62.4 Å². The Bertz CT molecular complexity index is 1170. The fourth-order valence-corrected chi connectivity index (χ4v) is 4.58. The Morgan fingerprint density at radius 3 is 2.59 bits per heavy atom. The van der Waals surface area contributed by atoms with Crippen LogP contribution in [0, 0.1) is 11.3 Å². The van der Waals surface area contributed by atoms with Crippen LogP contribution < -0.4 is 0 Å². The zero-order valence-electron chi connectivity index (χ0n) is 15.6. The Labute approximate surface area is 158 Å². The van der Waals surface area contributed by atoms with Gasteiger partial charge in [-0.05, 0) is 29.9 Å². The third-order valence-corrected chi connectivity index (χ3v) is 6.04. The van der Waals surface area contributed by atoms with Crippen molar-refractivity contribution in [2.45, 2.75) is 26.7 Å². The lowest BCUT2D eigenvalue weighted by Gasteiger charge is -2.38. The van der Waals surface area contributed by atoms with Crippen LogP contribution in [-0.2, 0) is 12.8 Å². The summed E-state index contributed by atoms with van der Waals surface area (Å²) in [6.45, 7) is 4.39. The summed E-state index contributed by atoms with van der Waals surface area (Å²) in [6, 6.07) is 18.5. The summed E-state index contributed by atoms with van der Waals surface area (Å²) in [6.07, 6.45) is 3.47. The van der Waals surface area contributed by atoms with Gasteiger partial charge < -0.3 is 4.98 Å². The first-order valence-electron chi connectivity index (χ1n) is 9.51. The van der Waals surface area contributed by atoms with Crippen molar-refractivity contribution in [1.29, 1.82) is 0 Å². The predicted octanol–water partition coefficient (Wildman–Crippen LogP) is 5.34. The number of fused-ring (bicyclic) bond motifs is 5. The van der Waals surface area contributed by atoms with Crippen LogP contribution in [0.4, 0.5) is 0 Å². The number of rotatable bonds is 2. The van der Waals surface area contributed by atoms with Crippen LogP contribution in [0.2, 0.25) is 0 Å². The molecule has 0 saturated carbocycles. The number of carbonyl (C=O) groups excluding carboxylic acids is 1. The highest BCUT2D eigenvalue weighted by Gasteiger charge is 2.42. The number of hydrogen-bond acceptors (Lipinski definition) is 2. The first-order chi connectivity index (χ1) is 13.0. The van der Waals surface area contributed by atoms with Crippen LogP contribution in [0.1, 0.15) is 35.5 Å². The number of ketones is 1. The number of aromatic nitrogens is 2. The molecule has 5 rings (SSSR count). The fourth-order valence-electron chi connectivity index (χ4n) is 4.58. The molecule has 0 spiro atoms. The van der Waals surface area contributed by atoms with Crippen molar-refractivity contribution < 1.29 is 4.79 Å². The third-order valence-electron chi connectivity index (χ3n) is 6.04. The van der Waals surface area contributed by atoms with Gasteiger partial charge in [0.1, 0.15) is 0 Å². The first kappa shape index (κ1) is 16.2. The van der Waals surface area contributed by atoms with E-state index in [-0.39, 0.29) is 17.1 Å². The lowest BCUT2D eigenvalue weighted by molar-refractivity contribution is 0.0762. The normalized spacial score (nSPS) is 18.7. The van der Waals surface area contributed by atoms with Gasteiger partial charge in [-0.25, -0.2) is 0 Å². The number of aromatic amines is 1. The van der Waals surface area contributed by atoms with Gasteiger partial charge in [-0.3, -0.25) is 9.78 Å². The molecular weight excluding hydrogens is 332 g/mol. The van der Waals surface area contributed by atoms with Gasteiger partial charge in [0, 0.05) is 27.8 Å². The maximum absolute atomic E-state index is 13.7. The van der Waals surface area contributed by atoms with E-state index in [1.165, 1.54) is 5.56 Å². The van der Waals surface area contributed by atoms with Crippen LogP contribution in [-0.4, -0.2) is 15.8 Å². The average molecular weight is 354 g/mol. The number of pyridine rings is 1. The summed E-state index contributed by atoms with van der Waals surface area (Å²) < 4.78 is 0. The Balaban J connectivity index is 1.71. The molecule has 1 unspecified atom stereocenters. The van der Waals surface area contributed by atoms with E-state index in [9.17, 15) is 4.79 Å². The first-order valence-corrected chi connectivity index (χ1v) is 9.51. The average Bonchev–Trinajstić information content (AvgIpc) is 3.04. The topological polar surface area (TPSA) is 45.8 Å². The van der Waals surface area contributed by atoms with Gasteiger partial charge in [0.15, 0.2) is 5.78 Å². The van der Waals surface area contributed by atoms with Gasteiger partial charge in [-0.15, -0.1) is 0 Å². The summed E-state index contributed by atoms with van der Waals surface area (Å²) in [5.41, 5.74) is 4.86. The molecule has 134 valence electrons. The molecule has 2 heterocycles. The number of carbonyl (C=O) groups is 1. The SMILES string of the molecule is CC1(C)Cc2ncc3[nH]c4ccccc4c3c2C(=O)C1Cc1ccccc1. The minimum atomic E-state index is -0.118. The predicted molar refractivity (Wildman–Crippen MR) is 109 cm³/mol. The molecule has 0 fully saturated rings. The third kappa shape index (κ3) is 2.49. The highest BCUT2D eigenvalue weighted by Crippen LogP contribution is 2.43. The minimum Gasteiger partial charge on any atom is -0.353 e. The molecule has 2 aromatic carbocycles. The van der Waals surface area contributed by atoms with Crippen molar-refractivity contribution in [3.05, 3.63) is 77.6 Å². The standard InChI is InChI=1S/C24H22N2O/c1-24(2)13-19-22(23(27)17(24)12-15-8-4-3-5-9-15)21-16-10-6-7-11-18(16)26-20(21)14-25-19/h3-11,14,17,26H,12-13H2,1-2H3. The van der Waals surface area contributed by atoms with Crippen molar-refractivity contribution in [2.75, 3.05) is 0 Å². The van der Waals surface area contributed by atoms with E-state index in [2.05, 4.69) is 48.1 Å². The molecular formula is C24H22N2O. The maximum Gasteiger partial charge on any atom is 0.169 e. The van der Waals surface area contributed by atoms with Gasteiger partial charge in [0.05, 0.1) is 17.4 Å². The van der Waals surface area contributed by atoms with Crippen molar-refractivity contribution >= 4 is 27.6 Å². The summed E-state index contributed by atoms with van der Waals surface area (Å²) in [5, 5.41) is 2.15. The number of para-hydroxylation sites is 1. The van der Waals surface area contributed by atoms with E-state index < -0.39 is 0 Å². The Morgan fingerprint density at radius 2 is 1.78 bits per heavy atom. The number of benzene rings is 2. The van der Waals surface area contributed by atoms with E-state index >= 15 is 0 Å². The van der Waals surface area contributed by atoms with E-state index in [0.29, 0.717) is 0 Å². The lowest BCUT2D eigenvalue weighted by Crippen LogP contribution is -2.40. The quantitative estimate of drug-likeness (QED) is 0.528. The molecule has 3 heteroatoms. The molecule has 27 heavy (non-hydrogen) atoms. The zero-order chi connectivity index (χ0) is 18.6. The number of H-pyrrole nitrogens is 1. The number of nitrogens with zero attached hydrogens (tertiary/aromatic N) is 1. The molecule has 3 nitrogen and oxygen atoms in total. The molecule has 2 aromatic heterocycles. The Hall–Kier alpha value is -2.94. The highest BCUT2D eigenvalue weighted by molar-refractivity contribution is 6.19. The molecule has 1 aliphatic carbocycles. The molecule has 0 radical (unpaired) electrons. The summed E-state index contributed by atoms with van der Waals surface area (Å²) in [5.74, 6) is 0.182. The molecule has 0 saturated heterocycles. The highest BCUT2D eigenvalue weighted by atomic mass is 16.1. The molecule has 4 aromatic rings. The van der Waals surface area contributed by atoms with Crippen molar-refractivity contribution in [3.8, 4) is 0 Å². The van der Waals surface area contributed by atoms with Crippen LogP contribution in [0.15, 0.2) is 60.8 Å². The summed E-state index contributed by atoms with van der Waals surface area (Å²) in [4.78, 5) is 21.8. The second-order valence-corrected chi connectivity index (χ2v) is 8.31. The monoisotopic (exact) mass is 354 g/mol. The smallest absolute Gasteiger partial charge is 0.169 e. The van der Waals surface area contributed by atoms with Crippen LogP contribution in [0.25, 0.3) is 21.8 Å². The van der Waals surface area contributed by atoms with Crippen LogP contribution >= 0.6 is 0 Å². The Kier molecular flexibility index (Phi) is 3.48. The molecule has 1 aliphatic rings. The summed E-state index contributed by atoms with van der Waals surface area (Å²) in [7, 11) is 0. The van der Waals surface area contributed by atoms with Gasteiger partial charge in [-0.2, -0.15) is 0 Å². The number of Topliss-reactive ketones (excluding diaryl/α,β-unsaturated/α-hetero) is 1. The molecule has 0 bridgehead atoms. The largest absolute Gasteiger partial charge is 0.353 e. The second-order valence-electron chi connectivity index (χ2n) is 8.31. The second kappa shape index (κ2) is 5.78. The van der Waals surface area contributed by atoms with E-state index in [4.69, 9.17) is 0 Å². The fraction of sp³-hybridized carbons (Fsp3) is 0.250. The minimum absolute atomic E-state index is 0.0477. The lowest BCUT2D eigenvalue weighted by atomic mass is 9.65. The van der Waals surface area contributed by atoms with Crippen molar-refractivity contribution in [2.24, 2.45) is 11.3 Å². The van der Waals surface area contributed by atoms with E-state index in [1.54, 1.807) is 0 Å². The van der Waals surface area contributed by atoms with E-state index in [0.717, 1.165) is 45.9 Å². The van der Waals surface area contributed by atoms with Crippen molar-refractivity contribution in [3.63, 3.8) is 0 Å². The zero-order valence-corrected chi connectivity index (χ0v) is 15.6. The maximum atomic E-state index is 13.7. The van der Waals surface area contributed by atoms with Gasteiger partial charge >= 0.3 is 0 Å².